The van der Waals surface area contributed by atoms with Crippen LogP contribution in [0.2, 0.25) is 5.15 Å². The van der Waals surface area contributed by atoms with E-state index in [1.807, 2.05) is 6.92 Å². The van der Waals surface area contributed by atoms with E-state index in [2.05, 4.69) is 27.6 Å². The number of hydrogen-bond donors (Lipinski definition) is 0. The highest BCUT2D eigenvalue weighted by molar-refractivity contribution is 14.1. The van der Waals surface area contributed by atoms with Crippen molar-refractivity contribution in [2.45, 2.75) is 44.1 Å². The summed E-state index contributed by atoms with van der Waals surface area (Å²) in [6.07, 6.45) is 3.99. The predicted octanol–water partition coefficient (Wildman–Crippen LogP) is 3.65. The number of aromatic nitrogens is 2. The van der Waals surface area contributed by atoms with Crippen LogP contribution >= 0.6 is 34.2 Å². The van der Waals surface area contributed by atoms with E-state index in [1.165, 1.54) is 12.8 Å². The number of nitrogens with zero attached hydrogens (tertiary/aromatic N) is 2. The molecule has 0 unspecified atom stereocenters. The molecule has 2 fully saturated rings. The molecule has 1 aliphatic carbocycles. The van der Waals surface area contributed by atoms with E-state index in [4.69, 9.17) is 26.1 Å². The molecule has 1 saturated heterocycles. The first-order valence-electron chi connectivity index (χ1n) is 7.11. The van der Waals surface area contributed by atoms with Crippen molar-refractivity contribution in [2.24, 2.45) is 0 Å². The Balaban J connectivity index is 2.02. The molecule has 3 rings (SSSR count). The molecule has 2 heterocycles. The summed E-state index contributed by atoms with van der Waals surface area (Å²) in [7, 11) is 0. The standard InChI is InChI=1S/C14H18ClIN2O2/c1-2-20-14(5-7-19-8-6-14)13-17-11(9-3-4-9)10(16)12(15)18-13/h9H,2-8H2,1H3. The maximum absolute atomic E-state index is 6.33. The van der Waals surface area contributed by atoms with Gasteiger partial charge in [0, 0.05) is 38.6 Å². The summed E-state index contributed by atoms with van der Waals surface area (Å²) in [5.41, 5.74) is 0.677. The Morgan fingerprint density at radius 1 is 1.35 bits per heavy atom. The van der Waals surface area contributed by atoms with Crippen molar-refractivity contribution in [3.05, 3.63) is 20.2 Å². The molecule has 0 spiro atoms. The summed E-state index contributed by atoms with van der Waals surface area (Å²) in [4.78, 5) is 9.35. The average molecular weight is 409 g/mol. The van der Waals surface area contributed by atoms with Gasteiger partial charge in [-0.2, -0.15) is 0 Å². The molecule has 0 aromatic carbocycles. The molecule has 0 bridgehead atoms. The molecule has 6 heteroatoms. The van der Waals surface area contributed by atoms with Crippen LogP contribution in [0.1, 0.15) is 50.0 Å². The van der Waals surface area contributed by atoms with Gasteiger partial charge in [-0.3, -0.25) is 0 Å². The molecule has 1 aromatic rings. The SMILES string of the molecule is CCOC1(c2nc(Cl)c(I)c(C3CC3)n2)CCOCC1. The fourth-order valence-corrected chi connectivity index (χ4v) is 3.54. The van der Waals surface area contributed by atoms with Gasteiger partial charge in [0.05, 0.1) is 9.26 Å². The van der Waals surface area contributed by atoms with Crippen molar-refractivity contribution in [2.75, 3.05) is 19.8 Å². The van der Waals surface area contributed by atoms with Crippen LogP contribution in [0.3, 0.4) is 0 Å². The molecule has 0 atom stereocenters. The first-order chi connectivity index (χ1) is 9.66. The van der Waals surface area contributed by atoms with Crippen LogP contribution in [0.15, 0.2) is 0 Å². The van der Waals surface area contributed by atoms with E-state index >= 15 is 0 Å². The van der Waals surface area contributed by atoms with Gasteiger partial charge in [0.2, 0.25) is 0 Å². The van der Waals surface area contributed by atoms with Crippen LogP contribution in [0.25, 0.3) is 0 Å². The Morgan fingerprint density at radius 3 is 2.65 bits per heavy atom. The monoisotopic (exact) mass is 408 g/mol. The minimum absolute atomic E-state index is 0.426. The summed E-state index contributed by atoms with van der Waals surface area (Å²) in [6, 6.07) is 0. The maximum atomic E-state index is 6.33. The fourth-order valence-electron chi connectivity index (χ4n) is 2.68. The Morgan fingerprint density at radius 2 is 2.05 bits per heavy atom. The first-order valence-corrected chi connectivity index (χ1v) is 8.57. The zero-order valence-corrected chi connectivity index (χ0v) is 14.4. The molecule has 1 aliphatic heterocycles. The third-order valence-corrected chi connectivity index (χ3v) is 5.58. The van der Waals surface area contributed by atoms with Gasteiger partial charge in [-0.1, -0.05) is 11.6 Å². The first kappa shape index (κ1) is 14.9. The average Bonchev–Trinajstić information content (AvgIpc) is 3.27. The van der Waals surface area contributed by atoms with Crippen molar-refractivity contribution in [1.82, 2.24) is 9.97 Å². The lowest BCUT2D eigenvalue weighted by Gasteiger charge is -2.35. The van der Waals surface area contributed by atoms with Crippen molar-refractivity contribution in [3.8, 4) is 0 Å². The number of rotatable bonds is 4. The van der Waals surface area contributed by atoms with Crippen LogP contribution in [0, 0.1) is 3.57 Å². The Labute approximate surface area is 137 Å². The minimum Gasteiger partial charge on any atom is -0.381 e. The van der Waals surface area contributed by atoms with Crippen molar-refractivity contribution in [3.63, 3.8) is 0 Å². The summed E-state index contributed by atoms with van der Waals surface area (Å²) in [5.74, 6) is 1.30. The zero-order chi connectivity index (χ0) is 14.2. The second kappa shape index (κ2) is 6.02. The molecule has 1 saturated carbocycles. The smallest absolute Gasteiger partial charge is 0.162 e. The molecule has 0 N–H and O–H groups in total. The third-order valence-electron chi connectivity index (χ3n) is 3.93. The Kier molecular flexibility index (Phi) is 4.50. The highest BCUT2D eigenvalue weighted by Crippen LogP contribution is 2.44. The normalized spacial score (nSPS) is 21.9. The van der Waals surface area contributed by atoms with Crippen LogP contribution < -0.4 is 0 Å². The quantitative estimate of drug-likeness (QED) is 0.563. The topological polar surface area (TPSA) is 44.2 Å². The maximum Gasteiger partial charge on any atom is 0.162 e. The van der Waals surface area contributed by atoms with Gasteiger partial charge >= 0.3 is 0 Å². The minimum atomic E-state index is -0.426. The molecular weight excluding hydrogens is 391 g/mol. The van der Waals surface area contributed by atoms with E-state index in [-0.39, 0.29) is 0 Å². The lowest BCUT2D eigenvalue weighted by Crippen LogP contribution is -2.38. The Hall–Kier alpha value is 0.0200. The van der Waals surface area contributed by atoms with Gasteiger partial charge in [0.15, 0.2) is 5.82 Å². The molecular formula is C14H18ClIN2O2. The molecule has 4 nitrogen and oxygen atoms in total. The summed E-state index contributed by atoms with van der Waals surface area (Å²) in [6.45, 7) is 4.02. The van der Waals surface area contributed by atoms with Crippen molar-refractivity contribution in [1.29, 1.82) is 0 Å². The lowest BCUT2D eigenvalue weighted by molar-refractivity contribution is -0.118. The summed E-state index contributed by atoms with van der Waals surface area (Å²) >= 11 is 8.58. The third kappa shape index (κ3) is 2.82. The van der Waals surface area contributed by atoms with Gasteiger partial charge in [-0.05, 0) is 42.4 Å². The van der Waals surface area contributed by atoms with Gasteiger partial charge in [0.1, 0.15) is 10.8 Å². The summed E-state index contributed by atoms with van der Waals surface area (Å²) in [5, 5.41) is 0.558. The molecule has 20 heavy (non-hydrogen) atoms. The van der Waals surface area contributed by atoms with Crippen LogP contribution in [-0.2, 0) is 15.1 Å². The van der Waals surface area contributed by atoms with Crippen LogP contribution in [0.4, 0.5) is 0 Å². The predicted molar refractivity (Wildman–Crippen MR) is 85.1 cm³/mol. The lowest BCUT2D eigenvalue weighted by atomic mass is 9.92. The molecule has 110 valence electrons. The molecule has 1 aromatic heterocycles. The van der Waals surface area contributed by atoms with E-state index in [1.54, 1.807) is 0 Å². The van der Waals surface area contributed by atoms with E-state index < -0.39 is 5.60 Å². The van der Waals surface area contributed by atoms with Gasteiger partial charge in [0.25, 0.3) is 0 Å². The molecule has 2 aliphatic rings. The van der Waals surface area contributed by atoms with E-state index in [0.717, 1.165) is 27.9 Å². The van der Waals surface area contributed by atoms with Gasteiger partial charge in [-0.15, -0.1) is 0 Å². The van der Waals surface area contributed by atoms with Crippen molar-refractivity contribution >= 4 is 34.2 Å². The van der Waals surface area contributed by atoms with Crippen molar-refractivity contribution < 1.29 is 9.47 Å². The van der Waals surface area contributed by atoms with Crippen LogP contribution in [-0.4, -0.2) is 29.8 Å². The number of hydrogen-bond acceptors (Lipinski definition) is 4. The largest absolute Gasteiger partial charge is 0.381 e. The molecule has 0 radical (unpaired) electrons. The summed E-state index contributed by atoms with van der Waals surface area (Å²) < 4.78 is 12.5. The highest BCUT2D eigenvalue weighted by atomic mass is 127. The van der Waals surface area contributed by atoms with E-state index in [0.29, 0.717) is 30.9 Å². The zero-order valence-electron chi connectivity index (χ0n) is 11.5. The fraction of sp³-hybridized carbons (Fsp3) is 0.714. The Bertz CT molecular complexity index is 497. The second-order valence-corrected chi connectivity index (χ2v) is 6.79. The van der Waals surface area contributed by atoms with Gasteiger partial charge in [-0.25, -0.2) is 9.97 Å². The number of ether oxygens (including phenoxy) is 2. The van der Waals surface area contributed by atoms with Crippen LogP contribution in [0.5, 0.6) is 0 Å². The van der Waals surface area contributed by atoms with Gasteiger partial charge < -0.3 is 9.47 Å². The number of halogens is 2. The van der Waals surface area contributed by atoms with E-state index in [9.17, 15) is 0 Å². The second-order valence-electron chi connectivity index (χ2n) is 5.35. The highest BCUT2D eigenvalue weighted by Gasteiger charge is 2.40. The molecule has 0 amide bonds.